The summed E-state index contributed by atoms with van der Waals surface area (Å²) in [5.74, 6) is -0.680. The normalized spacial score (nSPS) is 10.5. The van der Waals surface area contributed by atoms with Gasteiger partial charge in [-0.25, -0.2) is 14.8 Å². The number of benzene rings is 1. The van der Waals surface area contributed by atoms with Crippen molar-refractivity contribution in [3.8, 4) is 0 Å². The van der Waals surface area contributed by atoms with Gasteiger partial charge in [0.1, 0.15) is 5.82 Å². The van der Waals surface area contributed by atoms with Crippen molar-refractivity contribution in [3.05, 3.63) is 34.7 Å². The van der Waals surface area contributed by atoms with Crippen molar-refractivity contribution in [2.45, 2.75) is 6.92 Å². The van der Waals surface area contributed by atoms with Gasteiger partial charge in [0.25, 0.3) is 0 Å². The predicted molar refractivity (Wildman–Crippen MR) is 56.2 cm³/mol. The van der Waals surface area contributed by atoms with Gasteiger partial charge in [-0.1, -0.05) is 23.7 Å². The quantitative estimate of drug-likeness (QED) is 0.804. The molecule has 0 unspecified atom stereocenters. The Morgan fingerprint density at radius 3 is 2.80 bits per heavy atom. The Kier molecular flexibility index (Phi) is 2.28. The van der Waals surface area contributed by atoms with Crippen molar-refractivity contribution in [2.24, 2.45) is 0 Å². The van der Waals surface area contributed by atoms with Crippen molar-refractivity contribution in [1.82, 2.24) is 9.97 Å². The Morgan fingerprint density at radius 1 is 1.40 bits per heavy atom. The largest absolute Gasteiger partial charge is 0.476 e. The SMILES string of the molecule is Cc1nc(C(=O)O)c2cccc(Cl)c2n1. The molecule has 5 heteroatoms. The third-order valence-corrected chi connectivity index (χ3v) is 2.30. The van der Waals surface area contributed by atoms with Gasteiger partial charge in [-0.05, 0) is 13.0 Å². The van der Waals surface area contributed by atoms with E-state index in [1.54, 1.807) is 25.1 Å². The minimum atomic E-state index is -1.08. The Morgan fingerprint density at radius 2 is 2.13 bits per heavy atom. The maximum absolute atomic E-state index is 10.9. The highest BCUT2D eigenvalue weighted by molar-refractivity contribution is 6.35. The second-order valence-corrected chi connectivity index (χ2v) is 3.47. The number of fused-ring (bicyclic) bond motifs is 1. The van der Waals surface area contributed by atoms with Crippen LogP contribution in [0.2, 0.25) is 5.02 Å². The van der Waals surface area contributed by atoms with Crippen LogP contribution in [-0.4, -0.2) is 21.0 Å². The number of aromatic carboxylic acids is 1. The molecule has 2 aromatic rings. The highest BCUT2D eigenvalue weighted by Crippen LogP contribution is 2.23. The van der Waals surface area contributed by atoms with Gasteiger partial charge in [-0.15, -0.1) is 0 Å². The summed E-state index contributed by atoms with van der Waals surface area (Å²) < 4.78 is 0. The molecule has 0 aliphatic heterocycles. The first-order chi connectivity index (χ1) is 7.09. The van der Waals surface area contributed by atoms with Crippen LogP contribution >= 0.6 is 11.6 Å². The maximum atomic E-state index is 10.9. The molecule has 0 saturated carbocycles. The molecule has 4 nitrogen and oxygen atoms in total. The number of hydrogen-bond donors (Lipinski definition) is 1. The average Bonchev–Trinajstić information content (AvgIpc) is 2.18. The molecule has 1 aromatic carbocycles. The summed E-state index contributed by atoms with van der Waals surface area (Å²) in [5, 5.41) is 9.85. The van der Waals surface area contributed by atoms with Crippen LogP contribution in [0, 0.1) is 6.92 Å². The lowest BCUT2D eigenvalue weighted by molar-refractivity contribution is 0.0692. The van der Waals surface area contributed by atoms with Crippen LogP contribution in [0.5, 0.6) is 0 Å². The van der Waals surface area contributed by atoms with E-state index in [0.29, 0.717) is 21.7 Å². The summed E-state index contributed by atoms with van der Waals surface area (Å²) in [6, 6.07) is 4.99. The second-order valence-electron chi connectivity index (χ2n) is 3.06. The first-order valence-electron chi connectivity index (χ1n) is 4.26. The van der Waals surface area contributed by atoms with Crippen molar-refractivity contribution in [1.29, 1.82) is 0 Å². The molecule has 0 spiro atoms. The third-order valence-electron chi connectivity index (χ3n) is 1.99. The summed E-state index contributed by atoms with van der Waals surface area (Å²) in [6.07, 6.45) is 0. The molecular weight excluding hydrogens is 216 g/mol. The molecule has 0 saturated heterocycles. The van der Waals surface area contributed by atoms with Crippen molar-refractivity contribution >= 4 is 28.5 Å². The molecule has 76 valence electrons. The van der Waals surface area contributed by atoms with Gasteiger partial charge in [-0.3, -0.25) is 0 Å². The molecular formula is C10H7ClN2O2. The van der Waals surface area contributed by atoms with Crippen LogP contribution in [0.1, 0.15) is 16.3 Å². The summed E-state index contributed by atoms with van der Waals surface area (Å²) in [5.41, 5.74) is 0.462. The fourth-order valence-electron chi connectivity index (χ4n) is 1.39. The Labute approximate surface area is 90.5 Å². The minimum Gasteiger partial charge on any atom is -0.476 e. The smallest absolute Gasteiger partial charge is 0.355 e. The van der Waals surface area contributed by atoms with Crippen LogP contribution < -0.4 is 0 Å². The molecule has 1 N–H and O–H groups in total. The van der Waals surface area contributed by atoms with Crippen LogP contribution in [0.15, 0.2) is 18.2 Å². The first-order valence-corrected chi connectivity index (χ1v) is 4.63. The van der Waals surface area contributed by atoms with Gasteiger partial charge in [-0.2, -0.15) is 0 Å². The number of aromatic nitrogens is 2. The van der Waals surface area contributed by atoms with Gasteiger partial charge in [0.2, 0.25) is 0 Å². The highest BCUT2D eigenvalue weighted by Gasteiger charge is 2.13. The number of nitrogens with zero attached hydrogens (tertiary/aromatic N) is 2. The molecule has 1 heterocycles. The van der Waals surface area contributed by atoms with Crippen LogP contribution in [0.4, 0.5) is 0 Å². The van der Waals surface area contributed by atoms with E-state index < -0.39 is 5.97 Å². The summed E-state index contributed by atoms with van der Waals surface area (Å²) in [6.45, 7) is 1.63. The summed E-state index contributed by atoms with van der Waals surface area (Å²) in [7, 11) is 0. The third kappa shape index (κ3) is 1.64. The number of carbonyl (C=O) groups is 1. The molecule has 15 heavy (non-hydrogen) atoms. The van der Waals surface area contributed by atoms with Gasteiger partial charge < -0.3 is 5.11 Å². The lowest BCUT2D eigenvalue weighted by Crippen LogP contribution is -2.04. The molecule has 0 atom stereocenters. The number of halogens is 1. The number of carboxylic acids is 1. The molecule has 0 radical (unpaired) electrons. The molecule has 0 aliphatic carbocycles. The van der Waals surface area contributed by atoms with E-state index >= 15 is 0 Å². The number of carboxylic acid groups (broad SMARTS) is 1. The molecule has 1 aromatic heterocycles. The number of hydrogen-bond acceptors (Lipinski definition) is 3. The standard InChI is InChI=1S/C10H7ClN2O2/c1-5-12-8-6(3-2-4-7(8)11)9(13-5)10(14)15/h2-4H,1H3,(H,14,15). The molecule has 0 amide bonds. The molecule has 0 aliphatic rings. The molecule has 0 bridgehead atoms. The fourth-order valence-corrected chi connectivity index (χ4v) is 1.61. The highest BCUT2D eigenvalue weighted by atomic mass is 35.5. The molecule has 0 fully saturated rings. The van der Waals surface area contributed by atoms with E-state index in [1.165, 1.54) is 0 Å². The number of rotatable bonds is 1. The minimum absolute atomic E-state index is 0.0139. The summed E-state index contributed by atoms with van der Waals surface area (Å²) in [4.78, 5) is 18.9. The van der Waals surface area contributed by atoms with E-state index in [0.717, 1.165) is 0 Å². The van der Waals surface area contributed by atoms with Gasteiger partial charge in [0.05, 0.1) is 10.5 Å². The van der Waals surface area contributed by atoms with Crippen molar-refractivity contribution in [3.63, 3.8) is 0 Å². The zero-order valence-electron chi connectivity index (χ0n) is 7.86. The number of aryl methyl sites for hydroxylation is 1. The monoisotopic (exact) mass is 222 g/mol. The van der Waals surface area contributed by atoms with E-state index in [1.807, 2.05) is 0 Å². The van der Waals surface area contributed by atoms with Crippen LogP contribution in [0.3, 0.4) is 0 Å². The van der Waals surface area contributed by atoms with Crippen LogP contribution in [0.25, 0.3) is 10.9 Å². The van der Waals surface area contributed by atoms with Crippen LogP contribution in [-0.2, 0) is 0 Å². The van der Waals surface area contributed by atoms with E-state index in [-0.39, 0.29) is 5.69 Å². The Balaban J connectivity index is 2.92. The topological polar surface area (TPSA) is 63.1 Å². The van der Waals surface area contributed by atoms with E-state index in [4.69, 9.17) is 16.7 Å². The zero-order valence-corrected chi connectivity index (χ0v) is 8.62. The lowest BCUT2D eigenvalue weighted by Gasteiger charge is -2.03. The fraction of sp³-hybridized carbons (Fsp3) is 0.100. The van der Waals surface area contributed by atoms with E-state index in [2.05, 4.69) is 9.97 Å². The van der Waals surface area contributed by atoms with Gasteiger partial charge >= 0.3 is 5.97 Å². The Bertz CT molecular complexity index is 554. The van der Waals surface area contributed by atoms with Gasteiger partial charge in [0.15, 0.2) is 5.69 Å². The summed E-state index contributed by atoms with van der Waals surface area (Å²) >= 11 is 5.92. The lowest BCUT2D eigenvalue weighted by atomic mass is 10.2. The van der Waals surface area contributed by atoms with Crippen molar-refractivity contribution < 1.29 is 9.90 Å². The van der Waals surface area contributed by atoms with E-state index in [9.17, 15) is 4.79 Å². The zero-order chi connectivity index (χ0) is 11.0. The van der Waals surface area contributed by atoms with Crippen molar-refractivity contribution in [2.75, 3.05) is 0 Å². The first kappa shape index (κ1) is 9.86. The average molecular weight is 223 g/mol. The Hall–Kier alpha value is -1.68. The van der Waals surface area contributed by atoms with Gasteiger partial charge in [0, 0.05) is 5.39 Å². The predicted octanol–water partition coefficient (Wildman–Crippen LogP) is 2.29. The molecule has 2 rings (SSSR count). The second kappa shape index (κ2) is 3.47. The maximum Gasteiger partial charge on any atom is 0.355 e. The number of para-hydroxylation sites is 1.